The molecule has 0 saturated carbocycles. The molecule has 1 heterocycles. The van der Waals surface area contributed by atoms with Gasteiger partial charge in [0.05, 0.1) is 0 Å². The molecule has 0 bridgehead atoms. The first kappa shape index (κ1) is 15.2. The Labute approximate surface area is 135 Å². The number of carbonyl (C=O) groups excluding carboxylic acids is 1. The van der Waals surface area contributed by atoms with Crippen LogP contribution < -0.4 is 10.1 Å². The van der Waals surface area contributed by atoms with Crippen molar-refractivity contribution in [2.45, 2.75) is 26.5 Å². The highest BCUT2D eigenvalue weighted by Gasteiger charge is 2.12. The standard InChI is InChI=1S/C19H19NO3/c1-13(2)20-19(21)18-10-9-17(23-18)12-22-16-8-7-14-5-3-4-6-15(14)11-16/h3-11,13H,12H2,1-2H3,(H,20,21). The van der Waals surface area contributed by atoms with Gasteiger partial charge in [-0.05, 0) is 48.9 Å². The third kappa shape index (κ3) is 3.72. The van der Waals surface area contributed by atoms with Gasteiger partial charge in [-0.2, -0.15) is 0 Å². The summed E-state index contributed by atoms with van der Waals surface area (Å²) in [6.07, 6.45) is 0. The topological polar surface area (TPSA) is 51.5 Å². The first-order chi connectivity index (χ1) is 11.1. The van der Waals surface area contributed by atoms with Crippen molar-refractivity contribution in [2.75, 3.05) is 0 Å². The van der Waals surface area contributed by atoms with Crippen LogP contribution in [0.2, 0.25) is 0 Å². The van der Waals surface area contributed by atoms with E-state index in [1.165, 1.54) is 5.39 Å². The van der Waals surface area contributed by atoms with Crippen LogP contribution >= 0.6 is 0 Å². The van der Waals surface area contributed by atoms with E-state index < -0.39 is 0 Å². The highest BCUT2D eigenvalue weighted by molar-refractivity contribution is 5.91. The second kappa shape index (κ2) is 6.57. The number of hydrogen-bond acceptors (Lipinski definition) is 3. The Hall–Kier alpha value is -2.75. The van der Waals surface area contributed by atoms with Gasteiger partial charge in [0.15, 0.2) is 5.76 Å². The molecular weight excluding hydrogens is 290 g/mol. The summed E-state index contributed by atoms with van der Waals surface area (Å²) in [4.78, 5) is 11.8. The molecule has 1 amide bonds. The molecule has 0 atom stereocenters. The molecule has 4 nitrogen and oxygen atoms in total. The molecule has 0 aliphatic carbocycles. The molecule has 1 aromatic heterocycles. The van der Waals surface area contributed by atoms with E-state index in [9.17, 15) is 4.79 Å². The van der Waals surface area contributed by atoms with Gasteiger partial charge in [-0.3, -0.25) is 4.79 Å². The summed E-state index contributed by atoms with van der Waals surface area (Å²) in [5.74, 6) is 1.48. The van der Waals surface area contributed by atoms with Crippen molar-refractivity contribution in [3.63, 3.8) is 0 Å². The predicted molar refractivity (Wildman–Crippen MR) is 89.6 cm³/mol. The Morgan fingerprint density at radius 3 is 2.65 bits per heavy atom. The van der Waals surface area contributed by atoms with E-state index >= 15 is 0 Å². The van der Waals surface area contributed by atoms with Crippen LogP contribution in [-0.4, -0.2) is 11.9 Å². The zero-order chi connectivity index (χ0) is 16.2. The summed E-state index contributed by atoms with van der Waals surface area (Å²) in [5.41, 5.74) is 0. The lowest BCUT2D eigenvalue weighted by atomic mass is 10.1. The lowest BCUT2D eigenvalue weighted by Gasteiger charge is -2.07. The van der Waals surface area contributed by atoms with Crippen molar-refractivity contribution in [3.8, 4) is 5.75 Å². The summed E-state index contributed by atoms with van der Waals surface area (Å²) in [6, 6.07) is 17.6. The number of ether oxygens (including phenoxy) is 1. The minimum absolute atomic E-state index is 0.0740. The Kier molecular flexibility index (Phi) is 4.33. The molecular formula is C19H19NO3. The minimum atomic E-state index is -0.211. The van der Waals surface area contributed by atoms with Crippen LogP contribution in [0.4, 0.5) is 0 Å². The van der Waals surface area contributed by atoms with Gasteiger partial charge in [0.1, 0.15) is 18.1 Å². The summed E-state index contributed by atoms with van der Waals surface area (Å²) < 4.78 is 11.3. The average molecular weight is 309 g/mol. The molecule has 1 N–H and O–H groups in total. The van der Waals surface area contributed by atoms with Crippen LogP contribution in [0.15, 0.2) is 59.0 Å². The van der Waals surface area contributed by atoms with Crippen LogP contribution in [0.1, 0.15) is 30.2 Å². The van der Waals surface area contributed by atoms with Crippen molar-refractivity contribution in [2.24, 2.45) is 0 Å². The summed E-state index contributed by atoms with van der Waals surface area (Å²) in [5, 5.41) is 5.09. The smallest absolute Gasteiger partial charge is 0.287 e. The van der Waals surface area contributed by atoms with Crippen molar-refractivity contribution >= 4 is 16.7 Å². The molecule has 2 aromatic carbocycles. The van der Waals surface area contributed by atoms with Crippen LogP contribution in [0, 0.1) is 0 Å². The monoisotopic (exact) mass is 309 g/mol. The summed E-state index contributed by atoms with van der Waals surface area (Å²) in [6.45, 7) is 4.10. The van der Waals surface area contributed by atoms with Gasteiger partial charge in [0, 0.05) is 6.04 Å². The van der Waals surface area contributed by atoms with Crippen molar-refractivity contribution in [3.05, 3.63) is 66.1 Å². The zero-order valence-electron chi connectivity index (χ0n) is 13.2. The van der Waals surface area contributed by atoms with Gasteiger partial charge in [-0.25, -0.2) is 0 Å². The van der Waals surface area contributed by atoms with Gasteiger partial charge in [-0.15, -0.1) is 0 Å². The van der Waals surface area contributed by atoms with E-state index in [1.807, 2.05) is 50.2 Å². The molecule has 0 aliphatic rings. The molecule has 118 valence electrons. The number of rotatable bonds is 5. The quantitative estimate of drug-likeness (QED) is 0.770. The Balaban J connectivity index is 1.65. The van der Waals surface area contributed by atoms with Gasteiger partial charge in [-0.1, -0.05) is 30.3 Å². The molecule has 0 spiro atoms. The van der Waals surface area contributed by atoms with Gasteiger partial charge >= 0.3 is 0 Å². The molecule has 0 radical (unpaired) electrons. The molecule has 3 aromatic rings. The van der Waals surface area contributed by atoms with Gasteiger partial charge < -0.3 is 14.5 Å². The molecule has 0 fully saturated rings. The number of benzene rings is 2. The second-order valence-electron chi connectivity index (χ2n) is 5.69. The maximum absolute atomic E-state index is 11.8. The van der Waals surface area contributed by atoms with Crippen molar-refractivity contribution < 1.29 is 13.9 Å². The lowest BCUT2D eigenvalue weighted by Crippen LogP contribution is -2.29. The fraction of sp³-hybridized carbons (Fsp3) is 0.211. The average Bonchev–Trinajstić information content (AvgIpc) is 3.01. The minimum Gasteiger partial charge on any atom is -0.486 e. The van der Waals surface area contributed by atoms with Crippen molar-refractivity contribution in [1.82, 2.24) is 5.32 Å². The molecule has 0 aliphatic heterocycles. The summed E-state index contributed by atoms with van der Waals surface area (Å²) >= 11 is 0. The maximum atomic E-state index is 11.8. The highest BCUT2D eigenvalue weighted by Crippen LogP contribution is 2.21. The molecule has 0 saturated heterocycles. The van der Waals surface area contributed by atoms with E-state index in [2.05, 4.69) is 11.4 Å². The van der Waals surface area contributed by atoms with E-state index in [4.69, 9.17) is 9.15 Å². The van der Waals surface area contributed by atoms with Crippen LogP contribution in [0.25, 0.3) is 10.8 Å². The first-order valence-electron chi connectivity index (χ1n) is 7.63. The van der Waals surface area contributed by atoms with Gasteiger partial charge in [0.2, 0.25) is 0 Å². The Bertz CT molecular complexity index is 820. The fourth-order valence-corrected chi connectivity index (χ4v) is 2.32. The third-order valence-electron chi connectivity index (χ3n) is 3.41. The number of fused-ring (bicyclic) bond motifs is 1. The fourth-order valence-electron chi connectivity index (χ4n) is 2.32. The number of hydrogen-bond donors (Lipinski definition) is 1. The molecule has 23 heavy (non-hydrogen) atoms. The van der Waals surface area contributed by atoms with E-state index in [1.54, 1.807) is 12.1 Å². The number of furan rings is 1. The number of carbonyl (C=O) groups is 1. The molecule has 4 heteroatoms. The van der Waals surface area contributed by atoms with Crippen LogP contribution in [0.5, 0.6) is 5.75 Å². The first-order valence-corrected chi connectivity index (χ1v) is 7.63. The zero-order valence-corrected chi connectivity index (χ0v) is 13.2. The van der Waals surface area contributed by atoms with E-state index in [0.717, 1.165) is 11.1 Å². The van der Waals surface area contributed by atoms with E-state index in [0.29, 0.717) is 11.5 Å². The summed E-state index contributed by atoms with van der Waals surface area (Å²) in [7, 11) is 0. The van der Waals surface area contributed by atoms with Crippen LogP contribution in [-0.2, 0) is 6.61 Å². The Morgan fingerprint density at radius 2 is 1.87 bits per heavy atom. The van der Waals surface area contributed by atoms with Gasteiger partial charge in [0.25, 0.3) is 5.91 Å². The van der Waals surface area contributed by atoms with E-state index in [-0.39, 0.29) is 18.6 Å². The second-order valence-corrected chi connectivity index (χ2v) is 5.69. The largest absolute Gasteiger partial charge is 0.486 e. The third-order valence-corrected chi connectivity index (χ3v) is 3.41. The lowest BCUT2D eigenvalue weighted by molar-refractivity contribution is 0.0911. The SMILES string of the molecule is CC(C)NC(=O)c1ccc(COc2ccc3ccccc3c2)o1. The molecule has 3 rings (SSSR count). The number of amides is 1. The normalized spacial score (nSPS) is 10.9. The predicted octanol–water partition coefficient (Wildman–Crippen LogP) is 4.15. The maximum Gasteiger partial charge on any atom is 0.287 e. The highest BCUT2D eigenvalue weighted by atomic mass is 16.5. The Morgan fingerprint density at radius 1 is 1.09 bits per heavy atom. The number of nitrogens with one attached hydrogen (secondary N) is 1. The van der Waals surface area contributed by atoms with Crippen LogP contribution in [0.3, 0.4) is 0 Å². The van der Waals surface area contributed by atoms with Crippen molar-refractivity contribution in [1.29, 1.82) is 0 Å². The molecule has 0 unspecified atom stereocenters.